The molecule has 10 heteroatoms. The summed E-state index contributed by atoms with van der Waals surface area (Å²) in [5.41, 5.74) is 1.42. The molecule has 0 atom stereocenters. The van der Waals surface area contributed by atoms with E-state index in [-0.39, 0.29) is 4.90 Å². The second-order valence-electron chi connectivity index (χ2n) is 4.99. The highest BCUT2D eigenvalue weighted by atomic mass is 32.2. The predicted octanol–water partition coefficient (Wildman–Crippen LogP) is 1.89. The van der Waals surface area contributed by atoms with Gasteiger partial charge in [0, 0.05) is 19.8 Å². The normalized spacial score (nSPS) is 11.2. The van der Waals surface area contributed by atoms with E-state index in [2.05, 4.69) is 20.6 Å². The number of primary sulfonamides is 1. The van der Waals surface area contributed by atoms with Gasteiger partial charge in [0.1, 0.15) is 11.6 Å². The Balaban J connectivity index is 2.24. The first kappa shape index (κ1) is 19.2. The number of hydrogen-bond acceptors (Lipinski definition) is 8. The van der Waals surface area contributed by atoms with Crippen LogP contribution in [0.25, 0.3) is 0 Å². The summed E-state index contributed by atoms with van der Waals surface area (Å²) in [6.07, 6.45) is 1.19. The quantitative estimate of drug-likeness (QED) is 0.312. The van der Waals surface area contributed by atoms with Crippen LogP contribution in [-0.2, 0) is 16.6 Å². The van der Waals surface area contributed by atoms with Gasteiger partial charge in [0.15, 0.2) is 5.16 Å². The van der Waals surface area contributed by atoms with Gasteiger partial charge >= 0.3 is 0 Å². The van der Waals surface area contributed by atoms with Gasteiger partial charge in [0.05, 0.1) is 10.5 Å². The molecule has 2 aromatic rings. The van der Waals surface area contributed by atoms with E-state index in [1.54, 1.807) is 19.2 Å². The summed E-state index contributed by atoms with van der Waals surface area (Å²) in [6.45, 7) is 2.43. The predicted molar refractivity (Wildman–Crippen MR) is 101 cm³/mol. The van der Waals surface area contributed by atoms with Gasteiger partial charge in [0.25, 0.3) is 0 Å². The maximum atomic E-state index is 11.3. The first-order valence-electron chi connectivity index (χ1n) is 7.47. The minimum absolute atomic E-state index is 0.0672. The van der Waals surface area contributed by atoms with Crippen LogP contribution in [-0.4, -0.2) is 37.4 Å². The van der Waals surface area contributed by atoms with Gasteiger partial charge in [-0.1, -0.05) is 30.8 Å². The smallest absolute Gasteiger partial charge is 0.238 e. The summed E-state index contributed by atoms with van der Waals surface area (Å²) in [5.74, 6) is 1.95. The molecule has 0 spiro atoms. The van der Waals surface area contributed by atoms with Crippen LogP contribution < -0.4 is 15.8 Å². The first-order chi connectivity index (χ1) is 11.9. The molecule has 0 saturated heterocycles. The van der Waals surface area contributed by atoms with Crippen molar-refractivity contribution >= 4 is 39.6 Å². The Kier molecular flexibility index (Phi) is 6.34. The second kappa shape index (κ2) is 8.28. The van der Waals surface area contributed by atoms with Crippen molar-refractivity contribution < 1.29 is 8.42 Å². The maximum absolute atomic E-state index is 11.3. The number of nitrogens with two attached hydrogens (primary N) is 1. The Bertz CT molecular complexity index is 853. The van der Waals surface area contributed by atoms with Gasteiger partial charge in [0.2, 0.25) is 10.0 Å². The lowest BCUT2D eigenvalue weighted by molar-refractivity contribution is 0.598. The summed E-state index contributed by atoms with van der Waals surface area (Å²) in [4.78, 5) is 8.89. The number of nitrogens with one attached hydrogen (secondary N) is 3. The van der Waals surface area contributed by atoms with Crippen LogP contribution in [0.15, 0.2) is 34.3 Å². The van der Waals surface area contributed by atoms with E-state index in [4.69, 9.17) is 10.5 Å². The molecular formula is C15H20N6O2S2. The van der Waals surface area contributed by atoms with Crippen molar-refractivity contribution in [3.63, 3.8) is 0 Å². The number of benzene rings is 1. The molecule has 2 rings (SSSR count). The standard InChI is InChI=1S/C15H20N6O2S2/c1-3-24-15-20-13(18-2)12(8-16)14(21-15)19-9-10-4-6-11(7-5-10)25(17,22)23/h4-8,16H,3,9H2,1-2H3,(H2,17,22,23)(H2,18,19,20,21). The Labute approximate surface area is 151 Å². The molecule has 0 aliphatic heterocycles. The zero-order valence-electron chi connectivity index (χ0n) is 13.9. The van der Waals surface area contributed by atoms with E-state index in [0.717, 1.165) is 11.3 Å². The molecule has 5 N–H and O–H groups in total. The summed E-state index contributed by atoms with van der Waals surface area (Å²) >= 11 is 1.51. The van der Waals surface area contributed by atoms with Crippen molar-refractivity contribution in [1.82, 2.24) is 9.97 Å². The van der Waals surface area contributed by atoms with E-state index < -0.39 is 10.0 Å². The fraction of sp³-hybridized carbons (Fsp3) is 0.267. The first-order valence-corrected chi connectivity index (χ1v) is 10.0. The van der Waals surface area contributed by atoms with Gasteiger partial charge in [-0.2, -0.15) is 0 Å². The third-order valence-corrected chi connectivity index (χ3v) is 4.95. The number of hydrogen-bond donors (Lipinski definition) is 4. The third-order valence-electron chi connectivity index (χ3n) is 3.29. The van der Waals surface area contributed by atoms with Crippen LogP contribution in [0, 0.1) is 5.41 Å². The molecule has 134 valence electrons. The van der Waals surface area contributed by atoms with Gasteiger partial charge in [-0.15, -0.1) is 0 Å². The lowest BCUT2D eigenvalue weighted by Gasteiger charge is -2.13. The monoisotopic (exact) mass is 380 g/mol. The molecule has 0 bridgehead atoms. The number of nitrogens with zero attached hydrogens (tertiary/aromatic N) is 2. The molecule has 1 aromatic carbocycles. The number of sulfonamides is 1. The van der Waals surface area contributed by atoms with Gasteiger partial charge in [-0.3, -0.25) is 0 Å². The van der Waals surface area contributed by atoms with E-state index in [0.29, 0.717) is 28.9 Å². The summed E-state index contributed by atoms with van der Waals surface area (Å²) < 4.78 is 22.6. The second-order valence-corrected chi connectivity index (χ2v) is 7.78. The van der Waals surface area contributed by atoms with Crippen molar-refractivity contribution in [3.8, 4) is 0 Å². The zero-order valence-corrected chi connectivity index (χ0v) is 15.5. The van der Waals surface area contributed by atoms with Crippen molar-refractivity contribution in [2.45, 2.75) is 23.5 Å². The molecule has 25 heavy (non-hydrogen) atoms. The van der Waals surface area contributed by atoms with Crippen LogP contribution >= 0.6 is 11.8 Å². The van der Waals surface area contributed by atoms with Gasteiger partial charge < -0.3 is 16.0 Å². The minimum Gasteiger partial charge on any atom is -0.372 e. The number of aromatic nitrogens is 2. The molecule has 0 amide bonds. The van der Waals surface area contributed by atoms with Gasteiger partial charge in [-0.05, 0) is 23.4 Å². The van der Waals surface area contributed by atoms with Crippen LogP contribution in [0.2, 0.25) is 0 Å². The Morgan fingerprint density at radius 3 is 2.40 bits per heavy atom. The van der Waals surface area contributed by atoms with Crippen molar-refractivity contribution in [2.24, 2.45) is 5.14 Å². The van der Waals surface area contributed by atoms with E-state index in [1.165, 1.54) is 30.1 Å². The number of rotatable bonds is 8. The fourth-order valence-corrected chi connectivity index (χ4v) is 3.17. The Hall–Kier alpha value is -2.17. The summed E-state index contributed by atoms with van der Waals surface area (Å²) in [5, 5.41) is 19.5. The SMILES string of the molecule is CCSc1nc(NC)c(C=N)c(NCc2ccc(S(N)(=O)=O)cc2)n1. The molecule has 8 nitrogen and oxygen atoms in total. The van der Waals surface area contributed by atoms with Gasteiger partial charge in [-0.25, -0.2) is 23.5 Å². The highest BCUT2D eigenvalue weighted by Gasteiger charge is 2.12. The topological polar surface area (TPSA) is 134 Å². The van der Waals surface area contributed by atoms with Crippen LogP contribution in [0.4, 0.5) is 11.6 Å². The average Bonchev–Trinajstić information content (AvgIpc) is 2.59. The molecule has 1 heterocycles. The molecule has 0 aliphatic rings. The lowest BCUT2D eigenvalue weighted by Crippen LogP contribution is -2.12. The average molecular weight is 380 g/mol. The van der Waals surface area contributed by atoms with Crippen molar-refractivity contribution in [3.05, 3.63) is 35.4 Å². The van der Waals surface area contributed by atoms with E-state index in [9.17, 15) is 8.42 Å². The molecule has 0 radical (unpaired) electrons. The number of anilines is 2. The lowest BCUT2D eigenvalue weighted by atomic mass is 10.2. The van der Waals surface area contributed by atoms with Crippen LogP contribution in [0.1, 0.15) is 18.1 Å². The molecule has 1 aromatic heterocycles. The summed E-state index contributed by atoms with van der Waals surface area (Å²) in [6, 6.07) is 6.28. The molecule has 0 unspecified atom stereocenters. The Morgan fingerprint density at radius 1 is 1.24 bits per heavy atom. The van der Waals surface area contributed by atoms with Crippen LogP contribution in [0.5, 0.6) is 0 Å². The largest absolute Gasteiger partial charge is 0.372 e. The van der Waals surface area contributed by atoms with Crippen molar-refractivity contribution in [2.75, 3.05) is 23.4 Å². The third kappa shape index (κ3) is 4.91. The van der Waals surface area contributed by atoms with Crippen LogP contribution in [0.3, 0.4) is 0 Å². The summed E-state index contributed by atoms with van der Waals surface area (Å²) in [7, 11) is -1.96. The fourth-order valence-electron chi connectivity index (χ4n) is 2.09. The molecule has 0 saturated carbocycles. The molecular weight excluding hydrogens is 360 g/mol. The highest BCUT2D eigenvalue weighted by molar-refractivity contribution is 7.99. The minimum atomic E-state index is -3.70. The van der Waals surface area contributed by atoms with E-state index in [1.807, 2.05) is 6.92 Å². The number of thioether (sulfide) groups is 1. The molecule has 0 aliphatic carbocycles. The maximum Gasteiger partial charge on any atom is 0.238 e. The highest BCUT2D eigenvalue weighted by Crippen LogP contribution is 2.24. The van der Waals surface area contributed by atoms with E-state index >= 15 is 0 Å². The Morgan fingerprint density at radius 2 is 1.88 bits per heavy atom. The molecule has 0 fully saturated rings. The van der Waals surface area contributed by atoms with Crippen molar-refractivity contribution in [1.29, 1.82) is 5.41 Å². The zero-order chi connectivity index (χ0) is 18.4.